The molecular formula is C40H26N2O. The van der Waals surface area contributed by atoms with Crippen molar-refractivity contribution in [3.63, 3.8) is 0 Å². The number of hydrogen-bond donors (Lipinski definition) is 0. The maximum absolute atomic E-state index is 6.32. The Balaban J connectivity index is 1.35. The third-order valence-corrected chi connectivity index (χ3v) is 9.36. The second kappa shape index (κ2) is 8.50. The van der Waals surface area contributed by atoms with Crippen LogP contribution in [-0.4, -0.2) is 9.13 Å². The lowest BCUT2D eigenvalue weighted by molar-refractivity contribution is 0.669. The Labute approximate surface area is 247 Å². The maximum Gasteiger partial charge on any atom is 0.137 e. The highest BCUT2D eigenvalue weighted by molar-refractivity contribution is 6.15. The van der Waals surface area contributed by atoms with Crippen molar-refractivity contribution in [3.05, 3.63) is 139 Å². The molecule has 9 aromatic rings. The Morgan fingerprint density at radius 1 is 0.535 bits per heavy atom. The van der Waals surface area contributed by atoms with Gasteiger partial charge in [-0.2, -0.15) is 0 Å². The Morgan fingerprint density at radius 2 is 1.30 bits per heavy atom. The summed E-state index contributed by atoms with van der Waals surface area (Å²) in [4.78, 5) is 0. The number of benzene rings is 6. The molecule has 3 heterocycles. The first-order chi connectivity index (χ1) is 21.3. The minimum atomic E-state index is 0.920. The van der Waals surface area contributed by atoms with E-state index < -0.39 is 0 Å². The van der Waals surface area contributed by atoms with Crippen molar-refractivity contribution in [1.29, 1.82) is 0 Å². The molecular weight excluding hydrogens is 524 g/mol. The minimum absolute atomic E-state index is 0.920. The van der Waals surface area contributed by atoms with E-state index in [1.54, 1.807) is 0 Å². The van der Waals surface area contributed by atoms with Crippen molar-refractivity contribution in [2.24, 2.45) is 0 Å². The van der Waals surface area contributed by atoms with E-state index in [9.17, 15) is 0 Å². The molecule has 0 bridgehead atoms. The van der Waals surface area contributed by atoms with Crippen LogP contribution in [-0.2, 0) is 6.42 Å². The maximum atomic E-state index is 6.32. The number of rotatable bonds is 2. The van der Waals surface area contributed by atoms with E-state index in [4.69, 9.17) is 4.42 Å². The topological polar surface area (TPSA) is 23.0 Å². The second-order valence-electron chi connectivity index (χ2n) is 11.7. The Bertz CT molecular complexity index is 2620. The van der Waals surface area contributed by atoms with Crippen LogP contribution >= 0.6 is 0 Å². The third kappa shape index (κ3) is 3.14. The lowest BCUT2D eigenvalue weighted by atomic mass is 10.00. The van der Waals surface area contributed by atoms with Crippen LogP contribution in [0.1, 0.15) is 17.7 Å². The Kier molecular flexibility index (Phi) is 4.56. The van der Waals surface area contributed by atoms with Gasteiger partial charge in [-0.1, -0.05) is 78.9 Å². The molecule has 0 aliphatic heterocycles. The van der Waals surface area contributed by atoms with E-state index in [2.05, 4.69) is 137 Å². The summed E-state index contributed by atoms with van der Waals surface area (Å²) in [6, 6.07) is 43.9. The predicted octanol–water partition coefficient (Wildman–Crippen LogP) is 10.7. The quantitative estimate of drug-likeness (QED) is 0.210. The van der Waals surface area contributed by atoms with Gasteiger partial charge in [0.1, 0.15) is 11.2 Å². The van der Waals surface area contributed by atoms with Gasteiger partial charge in [-0.15, -0.1) is 0 Å². The first-order valence-corrected chi connectivity index (χ1v) is 15.0. The Hall–Kier alpha value is -5.54. The van der Waals surface area contributed by atoms with E-state index in [0.717, 1.165) is 40.5 Å². The van der Waals surface area contributed by atoms with Crippen LogP contribution in [0.3, 0.4) is 0 Å². The molecule has 0 spiro atoms. The van der Waals surface area contributed by atoms with Crippen molar-refractivity contribution in [2.75, 3.05) is 0 Å². The molecule has 0 amide bonds. The number of furan rings is 1. The molecule has 1 aliphatic carbocycles. The van der Waals surface area contributed by atoms with Gasteiger partial charge in [0.25, 0.3) is 0 Å². The van der Waals surface area contributed by atoms with E-state index >= 15 is 0 Å². The van der Waals surface area contributed by atoms with Crippen LogP contribution in [0.15, 0.2) is 132 Å². The van der Waals surface area contributed by atoms with E-state index in [1.165, 1.54) is 60.4 Å². The van der Waals surface area contributed by atoms with Gasteiger partial charge in [0.05, 0.1) is 27.6 Å². The monoisotopic (exact) mass is 550 g/mol. The van der Waals surface area contributed by atoms with Gasteiger partial charge in [-0.3, -0.25) is 0 Å². The van der Waals surface area contributed by atoms with Crippen molar-refractivity contribution in [1.82, 2.24) is 9.13 Å². The zero-order chi connectivity index (χ0) is 28.1. The van der Waals surface area contributed by atoms with Crippen molar-refractivity contribution in [3.8, 4) is 11.4 Å². The average Bonchev–Trinajstić information content (AvgIpc) is 3.71. The number of para-hydroxylation sites is 2. The molecule has 0 fully saturated rings. The van der Waals surface area contributed by atoms with E-state index in [1.807, 2.05) is 6.07 Å². The molecule has 0 saturated carbocycles. The van der Waals surface area contributed by atoms with Crippen molar-refractivity contribution in [2.45, 2.75) is 12.8 Å². The van der Waals surface area contributed by atoms with Crippen molar-refractivity contribution >= 4 is 71.5 Å². The lowest BCUT2D eigenvalue weighted by Crippen LogP contribution is -2.00. The predicted molar refractivity (Wildman–Crippen MR) is 180 cm³/mol. The summed E-state index contributed by atoms with van der Waals surface area (Å²) in [5.74, 6) is 0. The van der Waals surface area contributed by atoms with Crippen molar-refractivity contribution < 1.29 is 4.42 Å². The molecule has 0 radical (unpaired) electrons. The Morgan fingerprint density at radius 3 is 2.26 bits per heavy atom. The fourth-order valence-corrected chi connectivity index (χ4v) is 7.49. The molecule has 0 unspecified atom stereocenters. The standard InChI is InChI=1S/C40H26N2O/c1-2-11-26-22-27(21-20-25(26)10-1)41-33-15-6-3-12-28(33)31-24-37-32(23-36(31)41)29-13-4-7-16-34(29)42(37)35-17-9-19-39-40(35)30-14-5-8-18-38(30)43-39/h1-3,5-12,14-24H,4,13H2. The van der Waals surface area contributed by atoms with Gasteiger partial charge < -0.3 is 13.6 Å². The van der Waals surface area contributed by atoms with Gasteiger partial charge in [0.15, 0.2) is 0 Å². The minimum Gasteiger partial charge on any atom is -0.456 e. The first-order valence-electron chi connectivity index (χ1n) is 15.0. The molecule has 0 atom stereocenters. The van der Waals surface area contributed by atoms with Gasteiger partial charge in [0.2, 0.25) is 0 Å². The summed E-state index contributed by atoms with van der Waals surface area (Å²) in [6.45, 7) is 0. The van der Waals surface area contributed by atoms with E-state index in [0.29, 0.717) is 0 Å². The molecule has 1 aliphatic rings. The molecule has 6 aromatic carbocycles. The van der Waals surface area contributed by atoms with Crippen LogP contribution in [0.2, 0.25) is 0 Å². The van der Waals surface area contributed by atoms with Gasteiger partial charge in [-0.25, -0.2) is 0 Å². The van der Waals surface area contributed by atoms with Crippen LogP contribution in [0.25, 0.3) is 82.9 Å². The number of nitrogens with zero attached hydrogens (tertiary/aromatic N) is 2. The SMILES string of the molecule is C1=Cc2c(c3cc4c(cc3n2-c2cccc3oc5ccccc5c23)c2ccccc2n4-c2ccc3ccccc3c2)CC1. The summed E-state index contributed by atoms with van der Waals surface area (Å²) in [6.07, 6.45) is 6.71. The summed E-state index contributed by atoms with van der Waals surface area (Å²) < 4.78 is 11.2. The molecule has 0 N–H and O–H groups in total. The number of hydrogen-bond acceptors (Lipinski definition) is 1. The molecule has 3 aromatic heterocycles. The lowest BCUT2D eigenvalue weighted by Gasteiger charge is -2.13. The highest BCUT2D eigenvalue weighted by atomic mass is 16.3. The van der Waals surface area contributed by atoms with Crippen LogP contribution in [0.4, 0.5) is 0 Å². The van der Waals surface area contributed by atoms with Gasteiger partial charge in [0, 0.05) is 32.9 Å². The third-order valence-electron chi connectivity index (χ3n) is 9.36. The molecule has 202 valence electrons. The number of allylic oxidation sites excluding steroid dienone is 1. The molecule has 3 nitrogen and oxygen atoms in total. The number of aryl methyl sites for hydroxylation is 1. The highest BCUT2D eigenvalue weighted by Gasteiger charge is 2.24. The summed E-state index contributed by atoms with van der Waals surface area (Å²) in [5, 5.41) is 8.67. The fourth-order valence-electron chi connectivity index (χ4n) is 7.49. The van der Waals surface area contributed by atoms with Crippen LogP contribution in [0.5, 0.6) is 0 Å². The number of aromatic nitrogens is 2. The van der Waals surface area contributed by atoms with E-state index in [-0.39, 0.29) is 0 Å². The first kappa shape index (κ1) is 23.1. The zero-order valence-corrected chi connectivity index (χ0v) is 23.4. The summed E-state index contributed by atoms with van der Waals surface area (Å²) in [5.41, 5.74) is 10.6. The normalized spacial score (nSPS) is 13.3. The molecule has 43 heavy (non-hydrogen) atoms. The number of fused-ring (bicyclic) bond motifs is 10. The molecule has 0 saturated heterocycles. The largest absolute Gasteiger partial charge is 0.456 e. The van der Waals surface area contributed by atoms with Crippen LogP contribution < -0.4 is 0 Å². The van der Waals surface area contributed by atoms with Gasteiger partial charge in [-0.05, 0) is 83.8 Å². The smallest absolute Gasteiger partial charge is 0.137 e. The molecule has 3 heteroatoms. The molecule has 10 rings (SSSR count). The second-order valence-corrected chi connectivity index (χ2v) is 11.7. The van der Waals surface area contributed by atoms with Crippen LogP contribution in [0, 0.1) is 0 Å². The summed E-state index contributed by atoms with van der Waals surface area (Å²) >= 11 is 0. The van der Waals surface area contributed by atoms with Gasteiger partial charge >= 0.3 is 0 Å². The zero-order valence-electron chi connectivity index (χ0n) is 23.4. The average molecular weight is 551 g/mol. The fraction of sp³-hybridized carbons (Fsp3) is 0.0500. The highest BCUT2D eigenvalue weighted by Crippen LogP contribution is 2.42. The summed E-state index contributed by atoms with van der Waals surface area (Å²) in [7, 11) is 0.